The van der Waals surface area contributed by atoms with Gasteiger partial charge in [0.15, 0.2) is 5.16 Å². The predicted molar refractivity (Wildman–Crippen MR) is 110 cm³/mol. The van der Waals surface area contributed by atoms with Crippen LogP contribution in [0.4, 0.5) is 0 Å². The number of thioether (sulfide) groups is 1. The average molecular weight is 414 g/mol. The van der Waals surface area contributed by atoms with Crippen LogP contribution in [0.2, 0.25) is 5.02 Å². The molecule has 4 rings (SSSR count). The number of nitrogens with zero attached hydrogens (tertiary/aromatic N) is 3. The zero-order chi connectivity index (χ0) is 19.7. The number of fused-ring (bicyclic) bond motifs is 1. The minimum atomic E-state index is -0.400. The van der Waals surface area contributed by atoms with Crippen molar-refractivity contribution in [3.8, 4) is 11.4 Å². The van der Waals surface area contributed by atoms with Crippen LogP contribution >= 0.6 is 23.4 Å². The Balaban J connectivity index is 1.65. The lowest BCUT2D eigenvalue weighted by Crippen LogP contribution is -2.01. The van der Waals surface area contributed by atoms with Crippen molar-refractivity contribution < 1.29 is 9.15 Å². The van der Waals surface area contributed by atoms with Gasteiger partial charge in [0.1, 0.15) is 17.7 Å². The minimum Gasteiger partial charge on any atom is -0.497 e. The van der Waals surface area contributed by atoms with Gasteiger partial charge in [-0.2, -0.15) is 0 Å². The predicted octanol–water partition coefficient (Wildman–Crippen LogP) is 4.64. The molecule has 0 spiro atoms. The molecule has 0 aliphatic carbocycles. The molecule has 8 heteroatoms. The number of benzene rings is 2. The number of methoxy groups -OCH3 is 1. The molecular formula is C20H16ClN3O3S. The Bertz CT molecular complexity index is 1220. The summed E-state index contributed by atoms with van der Waals surface area (Å²) in [4.78, 5) is 12.0. The molecule has 4 aromatic rings. The summed E-state index contributed by atoms with van der Waals surface area (Å²) >= 11 is 7.73. The van der Waals surface area contributed by atoms with Gasteiger partial charge in [-0.25, -0.2) is 4.79 Å². The summed E-state index contributed by atoms with van der Waals surface area (Å²) in [5.41, 5.74) is 2.84. The van der Waals surface area contributed by atoms with E-state index in [1.54, 1.807) is 19.5 Å². The molecule has 2 aromatic carbocycles. The molecule has 0 saturated carbocycles. The van der Waals surface area contributed by atoms with Gasteiger partial charge in [0.25, 0.3) is 0 Å². The molecule has 0 saturated heterocycles. The van der Waals surface area contributed by atoms with Gasteiger partial charge in [0.2, 0.25) is 0 Å². The van der Waals surface area contributed by atoms with E-state index in [1.165, 1.54) is 17.8 Å². The lowest BCUT2D eigenvalue weighted by molar-refractivity contribution is 0.414. The summed E-state index contributed by atoms with van der Waals surface area (Å²) in [5.74, 6) is 1.17. The molecule has 0 radical (unpaired) electrons. The molecule has 0 fully saturated rings. The molecule has 28 heavy (non-hydrogen) atoms. The van der Waals surface area contributed by atoms with Crippen molar-refractivity contribution in [2.45, 2.75) is 17.8 Å². The lowest BCUT2D eigenvalue weighted by Gasteiger charge is -2.09. The van der Waals surface area contributed by atoms with Crippen molar-refractivity contribution in [3.63, 3.8) is 0 Å². The normalized spacial score (nSPS) is 11.1. The standard InChI is InChI=1S/C20H16ClN3O3S/c1-12-3-4-14(8-17(12)21)24-11-22-23-20(24)28-10-13-7-19(25)27-18-9-15(26-2)5-6-16(13)18/h3-9,11H,10H2,1-2H3. The van der Waals surface area contributed by atoms with Crippen molar-refractivity contribution in [1.82, 2.24) is 14.8 Å². The highest BCUT2D eigenvalue weighted by Gasteiger charge is 2.12. The van der Waals surface area contributed by atoms with Gasteiger partial charge in [-0.05, 0) is 42.3 Å². The van der Waals surface area contributed by atoms with Crippen LogP contribution in [0.25, 0.3) is 16.7 Å². The Kier molecular flexibility index (Phi) is 5.11. The largest absolute Gasteiger partial charge is 0.497 e. The number of halogens is 1. The van der Waals surface area contributed by atoms with E-state index in [0.717, 1.165) is 22.2 Å². The smallest absolute Gasteiger partial charge is 0.336 e. The summed E-state index contributed by atoms with van der Waals surface area (Å²) in [5, 5.41) is 10.5. The zero-order valence-electron chi connectivity index (χ0n) is 15.2. The van der Waals surface area contributed by atoms with Crippen LogP contribution in [0.3, 0.4) is 0 Å². The van der Waals surface area contributed by atoms with Gasteiger partial charge in [-0.15, -0.1) is 10.2 Å². The highest BCUT2D eigenvalue weighted by molar-refractivity contribution is 7.98. The number of aryl methyl sites for hydroxylation is 1. The highest BCUT2D eigenvalue weighted by Crippen LogP contribution is 2.29. The Morgan fingerprint density at radius 1 is 1.21 bits per heavy atom. The number of hydrogen-bond donors (Lipinski definition) is 0. The maximum Gasteiger partial charge on any atom is 0.336 e. The van der Waals surface area contributed by atoms with E-state index < -0.39 is 5.63 Å². The molecule has 0 aliphatic heterocycles. The van der Waals surface area contributed by atoms with Gasteiger partial charge in [0.05, 0.1) is 12.8 Å². The first-order valence-corrected chi connectivity index (χ1v) is 9.81. The fraction of sp³-hybridized carbons (Fsp3) is 0.150. The van der Waals surface area contributed by atoms with Gasteiger partial charge in [-0.1, -0.05) is 29.4 Å². The lowest BCUT2D eigenvalue weighted by atomic mass is 10.1. The van der Waals surface area contributed by atoms with Crippen LogP contribution in [0.15, 0.2) is 63.2 Å². The van der Waals surface area contributed by atoms with E-state index in [0.29, 0.717) is 27.3 Å². The first kappa shape index (κ1) is 18.6. The summed E-state index contributed by atoms with van der Waals surface area (Å²) < 4.78 is 12.4. The van der Waals surface area contributed by atoms with Crippen LogP contribution in [0, 0.1) is 6.92 Å². The van der Waals surface area contributed by atoms with E-state index >= 15 is 0 Å². The molecule has 6 nitrogen and oxygen atoms in total. The van der Waals surface area contributed by atoms with Crippen molar-refractivity contribution in [3.05, 3.63) is 75.4 Å². The third-order valence-corrected chi connectivity index (χ3v) is 5.74. The summed E-state index contributed by atoms with van der Waals surface area (Å²) in [6.07, 6.45) is 1.64. The number of aromatic nitrogens is 3. The Labute approximate surface area is 170 Å². The van der Waals surface area contributed by atoms with Crippen LogP contribution in [0.5, 0.6) is 5.75 Å². The van der Waals surface area contributed by atoms with Gasteiger partial charge in [0, 0.05) is 28.3 Å². The summed E-state index contributed by atoms with van der Waals surface area (Å²) in [7, 11) is 1.57. The van der Waals surface area contributed by atoms with Crippen molar-refractivity contribution >= 4 is 34.3 Å². The summed E-state index contributed by atoms with van der Waals surface area (Å²) in [6, 6.07) is 12.7. The van der Waals surface area contributed by atoms with E-state index in [1.807, 2.05) is 41.8 Å². The Morgan fingerprint density at radius 3 is 2.86 bits per heavy atom. The van der Waals surface area contributed by atoms with E-state index in [-0.39, 0.29) is 0 Å². The maximum atomic E-state index is 12.0. The van der Waals surface area contributed by atoms with Crippen LogP contribution < -0.4 is 10.4 Å². The fourth-order valence-corrected chi connectivity index (χ4v) is 3.93. The summed E-state index contributed by atoms with van der Waals surface area (Å²) in [6.45, 7) is 1.95. The molecule has 0 unspecified atom stereocenters. The second kappa shape index (κ2) is 7.69. The third-order valence-electron chi connectivity index (χ3n) is 4.34. The monoisotopic (exact) mass is 413 g/mol. The molecule has 0 N–H and O–H groups in total. The first-order valence-electron chi connectivity index (χ1n) is 8.45. The second-order valence-corrected chi connectivity index (χ2v) is 7.51. The first-order chi connectivity index (χ1) is 13.5. The third kappa shape index (κ3) is 3.63. The average Bonchev–Trinajstić information content (AvgIpc) is 3.16. The minimum absolute atomic E-state index is 0.400. The van der Waals surface area contributed by atoms with E-state index in [9.17, 15) is 4.79 Å². The number of hydrogen-bond acceptors (Lipinski definition) is 6. The van der Waals surface area contributed by atoms with Gasteiger partial charge >= 0.3 is 5.63 Å². The Hall–Kier alpha value is -2.77. The molecule has 2 aromatic heterocycles. The quantitative estimate of drug-likeness (QED) is 0.350. The molecular weight excluding hydrogens is 398 g/mol. The molecule has 0 bridgehead atoms. The molecule has 142 valence electrons. The molecule has 0 aliphatic rings. The van der Waals surface area contributed by atoms with Crippen molar-refractivity contribution in [1.29, 1.82) is 0 Å². The SMILES string of the molecule is COc1ccc2c(CSc3nncn3-c3ccc(C)c(Cl)c3)cc(=O)oc2c1. The van der Waals surface area contributed by atoms with Crippen LogP contribution in [-0.4, -0.2) is 21.9 Å². The molecule has 0 atom stereocenters. The van der Waals surface area contributed by atoms with Crippen LogP contribution in [0.1, 0.15) is 11.1 Å². The molecule has 0 amide bonds. The molecule has 2 heterocycles. The van der Waals surface area contributed by atoms with Crippen molar-refractivity contribution in [2.75, 3.05) is 7.11 Å². The van der Waals surface area contributed by atoms with Crippen molar-refractivity contribution in [2.24, 2.45) is 0 Å². The van der Waals surface area contributed by atoms with Gasteiger partial charge in [-0.3, -0.25) is 4.57 Å². The van der Waals surface area contributed by atoms with E-state index in [2.05, 4.69) is 10.2 Å². The number of ether oxygens (including phenoxy) is 1. The van der Waals surface area contributed by atoms with E-state index in [4.69, 9.17) is 20.8 Å². The van der Waals surface area contributed by atoms with Gasteiger partial charge < -0.3 is 9.15 Å². The second-order valence-electron chi connectivity index (χ2n) is 6.16. The highest BCUT2D eigenvalue weighted by atomic mass is 35.5. The maximum absolute atomic E-state index is 12.0. The number of rotatable bonds is 5. The zero-order valence-corrected chi connectivity index (χ0v) is 16.8. The fourth-order valence-electron chi connectivity index (χ4n) is 2.83. The Morgan fingerprint density at radius 2 is 2.07 bits per heavy atom. The topological polar surface area (TPSA) is 70.2 Å². The van der Waals surface area contributed by atoms with Crippen LogP contribution in [-0.2, 0) is 5.75 Å².